The fourth-order valence-electron chi connectivity index (χ4n) is 4.67. The Morgan fingerprint density at radius 1 is 1.12 bits per heavy atom. The van der Waals surface area contributed by atoms with E-state index in [0.717, 1.165) is 36.8 Å². The zero-order valence-electron chi connectivity index (χ0n) is 22.9. The molecule has 3 N–H and O–H groups in total. The number of methoxy groups -OCH3 is 1. The molecule has 1 aromatic heterocycles. The number of rotatable bonds is 7. The van der Waals surface area contributed by atoms with Crippen LogP contribution >= 0.6 is 0 Å². The van der Waals surface area contributed by atoms with Gasteiger partial charge in [-0.25, -0.2) is 13.2 Å². The minimum absolute atomic E-state index is 0.0235. The smallest absolute Gasteiger partial charge is 0.406 e. The van der Waals surface area contributed by atoms with Gasteiger partial charge >= 0.3 is 12.2 Å². The number of hydrogen-bond acceptors (Lipinski definition) is 6. The largest absolute Gasteiger partial charge is 0.495 e. The maximum Gasteiger partial charge on any atom is 0.406 e. The number of benzene rings is 2. The van der Waals surface area contributed by atoms with E-state index in [1.54, 1.807) is 18.2 Å². The number of amides is 2. The summed E-state index contributed by atoms with van der Waals surface area (Å²) in [5.41, 5.74) is 1.27. The van der Waals surface area contributed by atoms with Gasteiger partial charge in [0.1, 0.15) is 12.3 Å². The van der Waals surface area contributed by atoms with Gasteiger partial charge in [0.2, 0.25) is 0 Å². The summed E-state index contributed by atoms with van der Waals surface area (Å²) in [7, 11) is -0.0109. The van der Waals surface area contributed by atoms with E-state index in [0.29, 0.717) is 16.8 Å². The minimum atomic E-state index is -4.50. The number of alkyl halides is 3. The number of nitrogens with one attached hydrogen (secondary N) is 3. The van der Waals surface area contributed by atoms with Crippen LogP contribution < -0.4 is 20.7 Å². The second-order valence-electron chi connectivity index (χ2n) is 9.93. The Morgan fingerprint density at radius 3 is 2.51 bits per heavy atom. The summed E-state index contributed by atoms with van der Waals surface area (Å²) in [4.78, 5) is 15.0. The van der Waals surface area contributed by atoms with Crippen LogP contribution in [0.25, 0.3) is 10.9 Å². The van der Waals surface area contributed by atoms with E-state index in [1.807, 2.05) is 7.05 Å². The Balaban J connectivity index is 1.55. The summed E-state index contributed by atoms with van der Waals surface area (Å²) in [6.07, 6.45) is -1.77. The zero-order chi connectivity index (χ0) is 29.8. The number of anilines is 2. The summed E-state index contributed by atoms with van der Waals surface area (Å²) in [5.74, 6) is 5.91. The third-order valence-corrected chi connectivity index (χ3v) is 7.88. The topological polar surface area (TPSA) is 105 Å². The van der Waals surface area contributed by atoms with Gasteiger partial charge in [-0.1, -0.05) is 12.0 Å². The van der Waals surface area contributed by atoms with Crippen LogP contribution in [-0.4, -0.2) is 76.2 Å². The third-order valence-electron chi connectivity index (χ3n) is 6.77. The van der Waals surface area contributed by atoms with Crippen molar-refractivity contribution >= 4 is 38.1 Å². The molecule has 0 radical (unpaired) electrons. The molecule has 3 aromatic rings. The Labute approximate surface area is 236 Å². The van der Waals surface area contributed by atoms with E-state index in [-0.39, 0.29) is 34.4 Å². The predicted octanol–water partition coefficient (Wildman–Crippen LogP) is 4.30. The zero-order valence-corrected chi connectivity index (χ0v) is 23.7. The number of likely N-dealkylation sites (tertiary alicyclic amines) is 1. The van der Waals surface area contributed by atoms with Gasteiger partial charge in [-0.3, -0.25) is 0 Å². The van der Waals surface area contributed by atoms with Crippen LogP contribution in [0.3, 0.4) is 0 Å². The van der Waals surface area contributed by atoms with Crippen LogP contribution in [-0.2, 0) is 16.4 Å². The lowest BCUT2D eigenvalue weighted by atomic mass is 10.1. The number of hydrogen-bond donors (Lipinski definition) is 3. The summed E-state index contributed by atoms with van der Waals surface area (Å²) < 4.78 is 70.5. The molecule has 13 heteroatoms. The Morgan fingerprint density at radius 2 is 1.85 bits per heavy atom. The Kier molecular flexibility index (Phi) is 9.04. The van der Waals surface area contributed by atoms with Gasteiger partial charge in [-0.2, -0.15) is 13.2 Å². The number of carbonyl (C=O) groups is 1. The molecule has 0 bridgehead atoms. The van der Waals surface area contributed by atoms with Crippen LogP contribution in [0.15, 0.2) is 47.4 Å². The van der Waals surface area contributed by atoms with Gasteiger partial charge in [0, 0.05) is 23.8 Å². The second kappa shape index (κ2) is 12.3. The second-order valence-corrected chi connectivity index (χ2v) is 12.0. The summed E-state index contributed by atoms with van der Waals surface area (Å²) in [6, 6.07) is 10.3. The molecule has 2 aromatic carbocycles. The predicted molar refractivity (Wildman–Crippen MR) is 152 cm³/mol. The standard InChI is InChI=1S/C28H32F3N5O4S/c1-35-14-11-19(12-15-35)33-27(37)34-23-7-4-8-25-22(23)16-20(36(25)18-28(29,30)31)6-5-13-32-24-10-9-21(41(3,38)39)17-26(24)40-2/h4,7-10,16-17,19,32H,11-15,18H2,1-3H3,(H2,33,34,37). The first-order valence-corrected chi connectivity index (χ1v) is 14.8. The first-order chi connectivity index (χ1) is 19.3. The van der Waals surface area contributed by atoms with Gasteiger partial charge in [0.05, 0.1) is 41.1 Å². The van der Waals surface area contributed by atoms with Gasteiger partial charge < -0.3 is 30.2 Å². The molecule has 1 aliphatic rings. The summed E-state index contributed by atoms with van der Waals surface area (Å²) >= 11 is 0. The number of aromatic nitrogens is 1. The SMILES string of the molecule is COc1cc(S(C)(=O)=O)ccc1NCC#Cc1cc2c(NC(=O)NC3CCN(C)CC3)cccc2n1CC(F)(F)F. The number of ether oxygens (including phenoxy) is 1. The normalized spacial score (nSPS) is 14.8. The highest BCUT2D eigenvalue weighted by Crippen LogP contribution is 2.30. The molecule has 0 aliphatic carbocycles. The van der Waals surface area contributed by atoms with Crippen molar-refractivity contribution in [3.8, 4) is 17.6 Å². The van der Waals surface area contributed by atoms with Crippen LogP contribution in [0, 0.1) is 11.8 Å². The van der Waals surface area contributed by atoms with E-state index in [2.05, 4.69) is 32.7 Å². The molecule has 2 heterocycles. The third kappa shape index (κ3) is 7.86. The maximum absolute atomic E-state index is 13.5. The van der Waals surface area contributed by atoms with E-state index in [1.165, 1.54) is 31.4 Å². The van der Waals surface area contributed by atoms with Crippen molar-refractivity contribution in [1.29, 1.82) is 0 Å². The highest BCUT2D eigenvalue weighted by atomic mass is 32.2. The molecular formula is C28H32F3N5O4S. The Bertz CT molecular complexity index is 1580. The first-order valence-electron chi connectivity index (χ1n) is 12.9. The molecule has 1 fully saturated rings. The molecule has 0 spiro atoms. The molecule has 220 valence electrons. The number of fused-ring (bicyclic) bond motifs is 1. The summed E-state index contributed by atoms with van der Waals surface area (Å²) in [6.45, 7) is 0.541. The average molecular weight is 592 g/mol. The van der Waals surface area contributed by atoms with Crippen molar-refractivity contribution in [1.82, 2.24) is 14.8 Å². The van der Waals surface area contributed by atoms with Crippen LogP contribution in [0.1, 0.15) is 18.5 Å². The number of urea groups is 1. The Hall–Kier alpha value is -3.89. The van der Waals surface area contributed by atoms with Gasteiger partial charge in [0.25, 0.3) is 0 Å². The van der Waals surface area contributed by atoms with E-state index in [9.17, 15) is 26.4 Å². The quantitative estimate of drug-likeness (QED) is 0.354. The summed E-state index contributed by atoms with van der Waals surface area (Å²) in [5, 5.41) is 9.17. The molecule has 0 unspecified atom stereocenters. The number of halogens is 3. The van der Waals surface area contributed by atoms with Crippen molar-refractivity contribution in [2.75, 3.05) is 50.7 Å². The van der Waals surface area contributed by atoms with Crippen molar-refractivity contribution < 1.29 is 31.1 Å². The number of carbonyl (C=O) groups excluding carboxylic acids is 1. The monoisotopic (exact) mass is 591 g/mol. The molecule has 41 heavy (non-hydrogen) atoms. The van der Waals surface area contributed by atoms with E-state index < -0.39 is 28.6 Å². The van der Waals surface area contributed by atoms with E-state index >= 15 is 0 Å². The first kappa shape index (κ1) is 30.1. The molecule has 1 aliphatic heterocycles. The highest BCUT2D eigenvalue weighted by Gasteiger charge is 2.30. The molecule has 0 saturated carbocycles. The van der Waals surface area contributed by atoms with Crippen molar-refractivity contribution in [2.24, 2.45) is 0 Å². The number of piperidine rings is 1. The van der Waals surface area contributed by atoms with Crippen LogP contribution in [0.2, 0.25) is 0 Å². The molecule has 0 atom stereocenters. The lowest BCUT2D eigenvalue weighted by molar-refractivity contribution is -0.140. The van der Waals surface area contributed by atoms with E-state index in [4.69, 9.17) is 4.74 Å². The van der Waals surface area contributed by atoms with Crippen molar-refractivity contribution in [2.45, 2.75) is 36.5 Å². The average Bonchev–Trinajstić information content (AvgIpc) is 3.24. The molecular weight excluding hydrogens is 559 g/mol. The van der Waals surface area contributed by atoms with Gasteiger partial charge in [0.15, 0.2) is 9.84 Å². The van der Waals surface area contributed by atoms with Crippen molar-refractivity contribution in [3.63, 3.8) is 0 Å². The van der Waals surface area contributed by atoms with Crippen LogP contribution in [0.4, 0.5) is 29.3 Å². The highest BCUT2D eigenvalue weighted by molar-refractivity contribution is 7.90. The molecule has 2 amide bonds. The maximum atomic E-state index is 13.5. The van der Waals surface area contributed by atoms with Gasteiger partial charge in [-0.15, -0.1) is 0 Å². The lowest BCUT2D eigenvalue weighted by Crippen LogP contribution is -2.44. The fourth-order valence-corrected chi connectivity index (χ4v) is 5.30. The molecule has 9 nitrogen and oxygen atoms in total. The van der Waals surface area contributed by atoms with Crippen LogP contribution in [0.5, 0.6) is 5.75 Å². The van der Waals surface area contributed by atoms with Gasteiger partial charge in [-0.05, 0) is 69.2 Å². The lowest BCUT2D eigenvalue weighted by Gasteiger charge is -2.29. The fraction of sp³-hybridized carbons (Fsp3) is 0.393. The molecule has 1 saturated heterocycles. The van der Waals surface area contributed by atoms with Crippen molar-refractivity contribution in [3.05, 3.63) is 48.2 Å². The number of sulfone groups is 1. The number of nitrogens with zero attached hydrogens (tertiary/aromatic N) is 2. The molecule has 4 rings (SSSR count). The minimum Gasteiger partial charge on any atom is -0.495 e.